The number of rotatable bonds is 9. The van der Waals surface area contributed by atoms with Crippen LogP contribution in [-0.4, -0.2) is 62.5 Å². The van der Waals surface area contributed by atoms with Crippen LogP contribution in [-0.2, 0) is 6.54 Å². The molecule has 3 aromatic rings. The van der Waals surface area contributed by atoms with Crippen LogP contribution in [0.15, 0.2) is 41.9 Å². The van der Waals surface area contributed by atoms with Crippen molar-refractivity contribution < 1.29 is 4.79 Å². The minimum atomic E-state index is -0.0874. The van der Waals surface area contributed by atoms with Gasteiger partial charge < -0.3 is 15.1 Å². The van der Waals surface area contributed by atoms with Crippen LogP contribution in [0.4, 0.5) is 5.69 Å². The summed E-state index contributed by atoms with van der Waals surface area (Å²) in [6.07, 6.45) is 10.0. The van der Waals surface area contributed by atoms with Gasteiger partial charge in [0.15, 0.2) is 0 Å². The standard InChI is InChI=1S/C25H33N7OS/c1-18(4-8-28-25(33)24-19(2)29-17-30-20(24)3)31-9-5-22(6-10-31)32(14-21-7-11-34-15-21)23-12-26-16-27-13-23/h7,11-13,15-18,22H,4-6,8-10,14H2,1-3H3,(H,28,33). The normalized spacial score (nSPS) is 15.7. The Morgan fingerprint density at radius 3 is 2.53 bits per heavy atom. The number of piperidine rings is 1. The fourth-order valence-electron chi connectivity index (χ4n) is 4.68. The maximum Gasteiger partial charge on any atom is 0.254 e. The lowest BCUT2D eigenvalue weighted by atomic mass is 10.00. The third-order valence-electron chi connectivity index (χ3n) is 6.68. The number of aromatic nitrogens is 4. The molecule has 1 aliphatic heterocycles. The van der Waals surface area contributed by atoms with Crippen molar-refractivity contribution in [1.29, 1.82) is 0 Å². The van der Waals surface area contributed by atoms with Crippen molar-refractivity contribution in [1.82, 2.24) is 30.2 Å². The Kier molecular flexibility index (Phi) is 8.18. The van der Waals surface area contributed by atoms with Crippen LogP contribution >= 0.6 is 11.3 Å². The van der Waals surface area contributed by atoms with E-state index in [0.29, 0.717) is 24.2 Å². The van der Waals surface area contributed by atoms with Crippen LogP contribution in [0, 0.1) is 13.8 Å². The van der Waals surface area contributed by atoms with E-state index < -0.39 is 0 Å². The first-order valence-electron chi connectivity index (χ1n) is 11.9. The third-order valence-corrected chi connectivity index (χ3v) is 7.41. The van der Waals surface area contributed by atoms with Gasteiger partial charge in [0.25, 0.3) is 5.91 Å². The van der Waals surface area contributed by atoms with Crippen molar-refractivity contribution in [2.45, 2.75) is 58.7 Å². The minimum Gasteiger partial charge on any atom is -0.362 e. The number of nitrogens with one attached hydrogen (secondary N) is 1. The van der Waals surface area contributed by atoms with Crippen LogP contribution in [0.3, 0.4) is 0 Å². The van der Waals surface area contributed by atoms with Crippen LogP contribution in [0.2, 0.25) is 0 Å². The van der Waals surface area contributed by atoms with E-state index in [4.69, 9.17) is 0 Å². The molecule has 34 heavy (non-hydrogen) atoms. The van der Waals surface area contributed by atoms with Crippen molar-refractivity contribution in [2.24, 2.45) is 0 Å². The number of carbonyl (C=O) groups is 1. The number of hydrogen-bond donors (Lipinski definition) is 1. The number of carbonyl (C=O) groups excluding carboxylic acids is 1. The quantitative estimate of drug-likeness (QED) is 0.501. The topological polar surface area (TPSA) is 87.1 Å². The molecule has 1 N–H and O–H groups in total. The zero-order chi connectivity index (χ0) is 23.9. The summed E-state index contributed by atoms with van der Waals surface area (Å²) < 4.78 is 0. The summed E-state index contributed by atoms with van der Waals surface area (Å²) in [5.41, 5.74) is 4.44. The summed E-state index contributed by atoms with van der Waals surface area (Å²) in [6.45, 7) is 9.54. The summed E-state index contributed by atoms with van der Waals surface area (Å²) in [5.74, 6) is -0.0874. The molecule has 3 aromatic heterocycles. The monoisotopic (exact) mass is 479 g/mol. The number of aryl methyl sites for hydroxylation is 2. The van der Waals surface area contributed by atoms with E-state index >= 15 is 0 Å². The molecule has 0 saturated carbocycles. The molecular weight excluding hydrogens is 446 g/mol. The fourth-order valence-corrected chi connectivity index (χ4v) is 5.34. The van der Waals surface area contributed by atoms with Gasteiger partial charge in [0.1, 0.15) is 12.7 Å². The highest BCUT2D eigenvalue weighted by atomic mass is 32.1. The van der Waals surface area contributed by atoms with Gasteiger partial charge in [0, 0.05) is 38.3 Å². The first kappa shape index (κ1) is 24.2. The molecule has 0 aromatic carbocycles. The van der Waals surface area contributed by atoms with Gasteiger partial charge in [-0.25, -0.2) is 19.9 Å². The van der Waals surface area contributed by atoms with E-state index in [1.165, 1.54) is 11.9 Å². The average molecular weight is 480 g/mol. The highest BCUT2D eigenvalue weighted by Crippen LogP contribution is 2.26. The maximum absolute atomic E-state index is 12.6. The van der Waals surface area contributed by atoms with Gasteiger partial charge >= 0.3 is 0 Å². The lowest BCUT2D eigenvalue weighted by Gasteiger charge is -2.41. The Morgan fingerprint density at radius 1 is 1.18 bits per heavy atom. The number of hydrogen-bond acceptors (Lipinski definition) is 8. The van der Waals surface area contributed by atoms with Gasteiger partial charge in [0.2, 0.25) is 0 Å². The largest absolute Gasteiger partial charge is 0.362 e. The van der Waals surface area contributed by atoms with Crippen LogP contribution < -0.4 is 10.2 Å². The van der Waals surface area contributed by atoms with Gasteiger partial charge in [-0.05, 0) is 62.4 Å². The van der Waals surface area contributed by atoms with Gasteiger partial charge in [-0.3, -0.25) is 4.79 Å². The first-order chi connectivity index (χ1) is 16.5. The molecule has 1 unspecified atom stereocenters. The fraction of sp³-hybridized carbons (Fsp3) is 0.480. The second kappa shape index (κ2) is 11.5. The van der Waals surface area contributed by atoms with E-state index in [0.717, 1.165) is 56.0 Å². The van der Waals surface area contributed by atoms with Crippen molar-refractivity contribution in [3.8, 4) is 0 Å². The maximum atomic E-state index is 12.6. The van der Waals surface area contributed by atoms with Crippen LogP contribution in [0.5, 0.6) is 0 Å². The average Bonchev–Trinajstić information content (AvgIpc) is 3.36. The molecule has 0 bridgehead atoms. The van der Waals surface area contributed by atoms with Gasteiger partial charge in [0.05, 0.1) is 35.0 Å². The molecule has 180 valence electrons. The summed E-state index contributed by atoms with van der Waals surface area (Å²) >= 11 is 1.73. The Labute approximate surface area is 205 Å². The second-order valence-corrected chi connectivity index (χ2v) is 9.72. The molecule has 1 fully saturated rings. The van der Waals surface area contributed by atoms with Gasteiger partial charge in [-0.2, -0.15) is 11.3 Å². The number of amides is 1. The van der Waals surface area contributed by atoms with Gasteiger partial charge in [-0.1, -0.05) is 0 Å². The minimum absolute atomic E-state index is 0.0874. The smallest absolute Gasteiger partial charge is 0.254 e. The summed E-state index contributed by atoms with van der Waals surface area (Å²) in [4.78, 5) is 34.4. The zero-order valence-corrected chi connectivity index (χ0v) is 21.0. The Bertz CT molecular complexity index is 1030. The number of nitrogens with zero attached hydrogens (tertiary/aromatic N) is 6. The van der Waals surface area contributed by atoms with Gasteiger partial charge in [-0.15, -0.1) is 0 Å². The van der Waals surface area contributed by atoms with Crippen molar-refractivity contribution >= 4 is 22.9 Å². The molecule has 4 rings (SSSR count). The van der Waals surface area contributed by atoms with E-state index in [9.17, 15) is 4.79 Å². The summed E-state index contributed by atoms with van der Waals surface area (Å²) in [5, 5.41) is 7.40. The van der Waals surface area contributed by atoms with Crippen molar-refractivity contribution in [3.05, 3.63) is 64.4 Å². The molecule has 0 radical (unpaired) electrons. The third kappa shape index (κ3) is 5.95. The molecule has 1 aliphatic rings. The zero-order valence-electron chi connectivity index (χ0n) is 20.1. The van der Waals surface area contributed by atoms with Crippen molar-refractivity contribution in [2.75, 3.05) is 24.5 Å². The molecule has 1 amide bonds. The summed E-state index contributed by atoms with van der Waals surface area (Å²) in [7, 11) is 0. The molecule has 1 saturated heterocycles. The number of anilines is 1. The summed E-state index contributed by atoms with van der Waals surface area (Å²) in [6, 6.07) is 3.05. The second-order valence-electron chi connectivity index (χ2n) is 8.94. The Morgan fingerprint density at radius 2 is 1.88 bits per heavy atom. The number of thiophene rings is 1. The Balaban J connectivity index is 1.28. The molecule has 0 aliphatic carbocycles. The Hall–Kier alpha value is -2.91. The molecule has 4 heterocycles. The molecule has 1 atom stereocenters. The van der Waals surface area contributed by atoms with Crippen LogP contribution in [0.1, 0.15) is 53.5 Å². The SMILES string of the molecule is Cc1ncnc(C)c1C(=O)NCCC(C)N1CCC(N(Cc2ccsc2)c2cncnc2)CC1. The lowest BCUT2D eigenvalue weighted by molar-refractivity contribution is 0.0943. The molecule has 9 heteroatoms. The van der Waals surface area contributed by atoms with E-state index in [1.807, 2.05) is 26.2 Å². The molecule has 0 spiro atoms. The predicted octanol–water partition coefficient (Wildman–Crippen LogP) is 3.62. The highest BCUT2D eigenvalue weighted by molar-refractivity contribution is 7.07. The molecule has 8 nitrogen and oxygen atoms in total. The van der Waals surface area contributed by atoms with Crippen molar-refractivity contribution in [3.63, 3.8) is 0 Å². The van der Waals surface area contributed by atoms with E-state index in [2.05, 4.69) is 58.8 Å². The number of likely N-dealkylation sites (tertiary alicyclic amines) is 1. The van der Waals surface area contributed by atoms with E-state index in [1.54, 1.807) is 17.7 Å². The predicted molar refractivity (Wildman–Crippen MR) is 135 cm³/mol. The molecular formula is C25H33N7OS. The first-order valence-corrected chi connectivity index (χ1v) is 12.8. The lowest BCUT2D eigenvalue weighted by Crippen LogP contribution is -2.48. The van der Waals surface area contributed by atoms with Crippen LogP contribution in [0.25, 0.3) is 0 Å². The van der Waals surface area contributed by atoms with E-state index in [-0.39, 0.29) is 5.91 Å². The highest BCUT2D eigenvalue weighted by Gasteiger charge is 2.27.